The van der Waals surface area contributed by atoms with Gasteiger partial charge in [0.15, 0.2) is 0 Å². The normalized spacial score (nSPS) is 11.5. The van der Waals surface area contributed by atoms with E-state index in [1.165, 1.54) is 12.1 Å². The summed E-state index contributed by atoms with van der Waals surface area (Å²) >= 11 is 5.90. The second kappa shape index (κ2) is 6.80. The van der Waals surface area contributed by atoms with Gasteiger partial charge in [-0.25, -0.2) is 13.1 Å². The van der Waals surface area contributed by atoms with Crippen molar-refractivity contribution in [3.63, 3.8) is 0 Å². The molecule has 1 rings (SSSR count). The molecule has 0 saturated carbocycles. The molecule has 0 heterocycles. The predicted octanol–water partition coefficient (Wildman–Crippen LogP) is 0.887. The van der Waals surface area contributed by atoms with E-state index in [1.807, 2.05) is 0 Å². The molecular weight excluding hydrogens is 294 g/mol. The number of nitrogens with zero attached hydrogens (tertiary/aromatic N) is 1. The number of non-ortho nitro benzene ring substituents is 1. The highest BCUT2D eigenvalue weighted by atomic mass is 35.5. The van der Waals surface area contributed by atoms with E-state index in [9.17, 15) is 18.5 Å². The first-order chi connectivity index (χ1) is 8.79. The Morgan fingerprint density at radius 1 is 1.37 bits per heavy atom. The number of nitro groups is 1. The van der Waals surface area contributed by atoms with Crippen LogP contribution in [0.15, 0.2) is 18.2 Å². The van der Waals surface area contributed by atoms with Crippen LogP contribution in [0.5, 0.6) is 0 Å². The van der Waals surface area contributed by atoms with Gasteiger partial charge in [-0.05, 0) is 11.6 Å². The van der Waals surface area contributed by atoms with Crippen molar-refractivity contribution in [3.05, 3.63) is 38.9 Å². The highest BCUT2D eigenvalue weighted by Gasteiger charge is 2.08. The molecule has 0 fully saturated rings. The van der Waals surface area contributed by atoms with Gasteiger partial charge in [0.25, 0.3) is 5.69 Å². The van der Waals surface area contributed by atoms with Crippen LogP contribution in [-0.4, -0.2) is 32.7 Å². The van der Waals surface area contributed by atoms with E-state index in [0.29, 0.717) is 23.7 Å². The van der Waals surface area contributed by atoms with Crippen LogP contribution in [0, 0.1) is 10.1 Å². The summed E-state index contributed by atoms with van der Waals surface area (Å²) in [6, 6.07) is 4.22. The van der Waals surface area contributed by atoms with Crippen molar-refractivity contribution in [2.45, 2.75) is 6.54 Å². The number of hydrogen-bond acceptors (Lipinski definition) is 5. The third-order valence-corrected chi connectivity index (χ3v) is 3.31. The summed E-state index contributed by atoms with van der Waals surface area (Å²) in [6.07, 6.45) is 1.08. The lowest BCUT2D eigenvalue weighted by atomic mass is 10.2. The maximum Gasteiger partial charge on any atom is 0.270 e. The number of sulfonamides is 1. The fraction of sp³-hybridized carbons (Fsp3) is 0.400. The Balaban J connectivity index is 2.44. The summed E-state index contributed by atoms with van der Waals surface area (Å²) in [4.78, 5) is 10.0. The average molecular weight is 308 g/mol. The molecule has 0 bridgehead atoms. The summed E-state index contributed by atoms with van der Waals surface area (Å²) in [6.45, 7) is 1.10. The molecule has 1 aromatic carbocycles. The molecule has 9 heteroatoms. The van der Waals surface area contributed by atoms with Gasteiger partial charge in [-0.3, -0.25) is 10.1 Å². The lowest BCUT2D eigenvalue weighted by molar-refractivity contribution is -0.384. The molecular formula is C10H14ClN3O4S. The van der Waals surface area contributed by atoms with Crippen LogP contribution in [0.25, 0.3) is 0 Å². The average Bonchev–Trinajstić information content (AvgIpc) is 2.28. The van der Waals surface area contributed by atoms with Gasteiger partial charge in [-0.2, -0.15) is 0 Å². The van der Waals surface area contributed by atoms with Crippen molar-refractivity contribution < 1.29 is 13.3 Å². The van der Waals surface area contributed by atoms with Gasteiger partial charge in [-0.1, -0.05) is 11.6 Å². The Hall–Kier alpha value is -1.22. The molecule has 0 saturated heterocycles. The lowest BCUT2D eigenvalue weighted by Crippen LogP contribution is -2.30. The highest BCUT2D eigenvalue weighted by Crippen LogP contribution is 2.22. The highest BCUT2D eigenvalue weighted by molar-refractivity contribution is 7.88. The molecule has 0 aliphatic heterocycles. The van der Waals surface area contributed by atoms with Gasteiger partial charge in [0.1, 0.15) is 0 Å². The molecule has 0 aromatic heterocycles. The maximum absolute atomic E-state index is 10.8. The van der Waals surface area contributed by atoms with Crippen molar-refractivity contribution in [1.29, 1.82) is 0 Å². The first kappa shape index (κ1) is 15.8. The molecule has 2 N–H and O–H groups in total. The zero-order valence-corrected chi connectivity index (χ0v) is 11.8. The number of benzene rings is 1. The van der Waals surface area contributed by atoms with Crippen molar-refractivity contribution in [2.24, 2.45) is 0 Å². The van der Waals surface area contributed by atoms with E-state index in [1.54, 1.807) is 6.07 Å². The molecule has 0 amide bonds. The van der Waals surface area contributed by atoms with Crippen molar-refractivity contribution in [1.82, 2.24) is 10.0 Å². The predicted molar refractivity (Wildman–Crippen MR) is 72.7 cm³/mol. The van der Waals surface area contributed by atoms with Gasteiger partial charge >= 0.3 is 0 Å². The van der Waals surface area contributed by atoms with E-state index in [-0.39, 0.29) is 12.2 Å². The van der Waals surface area contributed by atoms with Gasteiger partial charge in [0.05, 0.1) is 16.2 Å². The summed E-state index contributed by atoms with van der Waals surface area (Å²) in [5.74, 6) is 0. The summed E-state index contributed by atoms with van der Waals surface area (Å²) < 4.78 is 23.9. The van der Waals surface area contributed by atoms with E-state index in [4.69, 9.17) is 11.6 Å². The Morgan fingerprint density at radius 2 is 2.05 bits per heavy atom. The van der Waals surface area contributed by atoms with Crippen molar-refractivity contribution in [2.75, 3.05) is 19.3 Å². The molecule has 0 atom stereocenters. The second-order valence-corrected chi connectivity index (χ2v) is 6.12. The summed E-state index contributed by atoms with van der Waals surface area (Å²) in [7, 11) is -3.18. The van der Waals surface area contributed by atoms with E-state index < -0.39 is 14.9 Å². The molecule has 19 heavy (non-hydrogen) atoms. The zero-order valence-electron chi connectivity index (χ0n) is 10.2. The fourth-order valence-corrected chi connectivity index (χ4v) is 2.06. The van der Waals surface area contributed by atoms with Crippen molar-refractivity contribution >= 4 is 27.3 Å². The van der Waals surface area contributed by atoms with Gasteiger partial charge < -0.3 is 5.32 Å². The van der Waals surface area contributed by atoms with Crippen LogP contribution in [0.1, 0.15) is 5.56 Å². The molecule has 0 radical (unpaired) electrons. The van der Waals surface area contributed by atoms with Gasteiger partial charge in [0, 0.05) is 31.8 Å². The summed E-state index contributed by atoms with van der Waals surface area (Å²) in [5, 5.41) is 13.8. The number of rotatable bonds is 7. The number of nitro benzene ring substituents is 1. The first-order valence-electron chi connectivity index (χ1n) is 5.38. The molecule has 0 aliphatic rings. The minimum absolute atomic E-state index is 0.0625. The van der Waals surface area contributed by atoms with Gasteiger partial charge in [-0.15, -0.1) is 0 Å². The number of halogens is 1. The first-order valence-corrected chi connectivity index (χ1v) is 7.65. The maximum atomic E-state index is 10.8. The lowest BCUT2D eigenvalue weighted by Gasteiger charge is -2.07. The summed E-state index contributed by atoms with van der Waals surface area (Å²) in [5.41, 5.74) is 0.652. The van der Waals surface area contributed by atoms with Crippen LogP contribution in [0.3, 0.4) is 0 Å². The van der Waals surface area contributed by atoms with Crippen molar-refractivity contribution in [3.8, 4) is 0 Å². The topological polar surface area (TPSA) is 101 Å². The zero-order chi connectivity index (χ0) is 14.5. The van der Waals surface area contributed by atoms with Crippen LogP contribution >= 0.6 is 11.6 Å². The minimum Gasteiger partial charge on any atom is -0.311 e. The van der Waals surface area contributed by atoms with E-state index >= 15 is 0 Å². The second-order valence-electron chi connectivity index (χ2n) is 3.88. The van der Waals surface area contributed by atoms with E-state index in [0.717, 1.165) is 6.26 Å². The quantitative estimate of drug-likeness (QED) is 0.442. The van der Waals surface area contributed by atoms with Gasteiger partial charge in [0.2, 0.25) is 10.0 Å². The Bertz CT molecular complexity index is 562. The smallest absolute Gasteiger partial charge is 0.270 e. The Kier molecular flexibility index (Phi) is 5.67. The Labute approximate surface area is 116 Å². The molecule has 7 nitrogen and oxygen atoms in total. The van der Waals surface area contributed by atoms with Crippen LogP contribution in [0.4, 0.5) is 5.69 Å². The van der Waals surface area contributed by atoms with E-state index in [2.05, 4.69) is 10.0 Å². The van der Waals surface area contributed by atoms with Crippen LogP contribution in [-0.2, 0) is 16.6 Å². The van der Waals surface area contributed by atoms with Crippen LogP contribution in [0.2, 0.25) is 5.02 Å². The molecule has 106 valence electrons. The van der Waals surface area contributed by atoms with Crippen LogP contribution < -0.4 is 10.0 Å². The fourth-order valence-electron chi connectivity index (χ4n) is 1.34. The third kappa shape index (κ3) is 5.97. The minimum atomic E-state index is -3.18. The standard InChI is InChI=1S/C10H14ClN3O4S/c1-19(17,18)13-5-4-12-7-8-2-3-9(14(15)16)6-10(8)11/h2-3,6,12-13H,4-5,7H2,1H3. The Morgan fingerprint density at radius 3 is 2.58 bits per heavy atom. The number of nitrogens with one attached hydrogen (secondary N) is 2. The molecule has 0 spiro atoms. The molecule has 1 aromatic rings. The largest absolute Gasteiger partial charge is 0.311 e. The molecule has 0 unspecified atom stereocenters. The third-order valence-electron chi connectivity index (χ3n) is 2.23. The molecule has 0 aliphatic carbocycles. The SMILES string of the molecule is CS(=O)(=O)NCCNCc1ccc([N+](=O)[O-])cc1Cl. The number of hydrogen-bond donors (Lipinski definition) is 2. The monoisotopic (exact) mass is 307 g/mol.